The summed E-state index contributed by atoms with van der Waals surface area (Å²) in [6.07, 6.45) is 5.35. The van der Waals surface area contributed by atoms with E-state index in [4.69, 9.17) is 0 Å². The van der Waals surface area contributed by atoms with Crippen molar-refractivity contribution >= 4 is 0 Å². The van der Waals surface area contributed by atoms with Crippen molar-refractivity contribution in [2.75, 3.05) is 39.8 Å². The Kier molecular flexibility index (Phi) is 7.33. The van der Waals surface area contributed by atoms with E-state index in [-0.39, 0.29) is 5.54 Å². The van der Waals surface area contributed by atoms with Gasteiger partial charge >= 0.3 is 0 Å². The average molecular weight is 269 g/mol. The largest absolute Gasteiger partial charge is 0.311 e. The van der Waals surface area contributed by atoms with Crippen molar-refractivity contribution in [2.45, 2.75) is 65.0 Å². The molecule has 1 rings (SSSR count). The highest BCUT2D eigenvalue weighted by atomic mass is 15.2. The van der Waals surface area contributed by atoms with Crippen LogP contribution >= 0.6 is 0 Å². The lowest BCUT2D eigenvalue weighted by atomic mass is 10.1. The molecule has 1 saturated heterocycles. The molecule has 3 nitrogen and oxygen atoms in total. The molecule has 0 aromatic rings. The third-order valence-electron chi connectivity index (χ3n) is 4.08. The van der Waals surface area contributed by atoms with Crippen molar-refractivity contribution in [3.05, 3.63) is 0 Å². The normalized spacial score (nSPS) is 19.3. The quantitative estimate of drug-likeness (QED) is 0.730. The van der Waals surface area contributed by atoms with Gasteiger partial charge in [-0.15, -0.1) is 0 Å². The lowest BCUT2D eigenvalue weighted by Gasteiger charge is -2.32. The molecule has 1 aliphatic heterocycles. The van der Waals surface area contributed by atoms with Crippen molar-refractivity contribution in [2.24, 2.45) is 0 Å². The number of likely N-dealkylation sites (tertiary alicyclic amines) is 1. The summed E-state index contributed by atoms with van der Waals surface area (Å²) < 4.78 is 0. The fraction of sp³-hybridized carbons (Fsp3) is 1.00. The van der Waals surface area contributed by atoms with E-state index in [0.717, 1.165) is 6.54 Å². The van der Waals surface area contributed by atoms with E-state index in [2.05, 4.69) is 49.9 Å². The van der Waals surface area contributed by atoms with Crippen LogP contribution in [0.15, 0.2) is 0 Å². The summed E-state index contributed by atoms with van der Waals surface area (Å²) in [6.45, 7) is 15.2. The topological polar surface area (TPSA) is 18.5 Å². The zero-order chi connectivity index (χ0) is 14.3. The van der Waals surface area contributed by atoms with Crippen LogP contribution in [0.2, 0.25) is 0 Å². The van der Waals surface area contributed by atoms with Crippen LogP contribution in [0.5, 0.6) is 0 Å². The molecule has 0 aromatic heterocycles. The van der Waals surface area contributed by atoms with E-state index in [9.17, 15) is 0 Å². The summed E-state index contributed by atoms with van der Waals surface area (Å²) in [4.78, 5) is 5.16. The van der Waals surface area contributed by atoms with Crippen LogP contribution in [0.1, 0.15) is 53.4 Å². The van der Waals surface area contributed by atoms with E-state index in [0.29, 0.717) is 6.04 Å². The molecule has 0 amide bonds. The Morgan fingerprint density at radius 3 is 2.37 bits per heavy atom. The van der Waals surface area contributed by atoms with Crippen molar-refractivity contribution in [1.29, 1.82) is 0 Å². The lowest BCUT2D eigenvalue weighted by Crippen LogP contribution is -2.47. The Hall–Kier alpha value is -0.120. The van der Waals surface area contributed by atoms with E-state index in [1.165, 1.54) is 51.9 Å². The molecule has 1 N–H and O–H groups in total. The average Bonchev–Trinajstić information content (AvgIpc) is 2.83. The maximum atomic E-state index is 3.66. The molecule has 1 atom stereocenters. The van der Waals surface area contributed by atoms with Gasteiger partial charge in [-0.2, -0.15) is 0 Å². The molecular weight excluding hydrogens is 234 g/mol. The van der Waals surface area contributed by atoms with E-state index in [1.807, 2.05) is 0 Å². The Labute approximate surface area is 120 Å². The summed E-state index contributed by atoms with van der Waals surface area (Å²) in [5.41, 5.74) is 0.224. The van der Waals surface area contributed by atoms with Gasteiger partial charge in [-0.3, -0.25) is 0 Å². The first-order valence-corrected chi connectivity index (χ1v) is 8.10. The minimum absolute atomic E-state index is 0.224. The van der Waals surface area contributed by atoms with Crippen LogP contribution < -0.4 is 5.32 Å². The first kappa shape index (κ1) is 16.9. The van der Waals surface area contributed by atoms with E-state index in [1.54, 1.807) is 0 Å². The molecule has 0 radical (unpaired) electrons. The van der Waals surface area contributed by atoms with Crippen molar-refractivity contribution in [3.63, 3.8) is 0 Å². The van der Waals surface area contributed by atoms with E-state index < -0.39 is 0 Å². The molecular formula is C16H35N3. The molecule has 1 fully saturated rings. The predicted molar refractivity (Wildman–Crippen MR) is 84.8 cm³/mol. The smallest absolute Gasteiger partial charge is 0.0218 e. The molecule has 3 heteroatoms. The summed E-state index contributed by atoms with van der Waals surface area (Å²) in [5.74, 6) is 0. The highest BCUT2D eigenvalue weighted by Gasteiger charge is 2.18. The van der Waals surface area contributed by atoms with Gasteiger partial charge in [0.05, 0.1) is 0 Å². The molecule has 0 aromatic carbocycles. The van der Waals surface area contributed by atoms with Crippen molar-refractivity contribution in [3.8, 4) is 0 Å². The van der Waals surface area contributed by atoms with Crippen LogP contribution in [-0.2, 0) is 0 Å². The fourth-order valence-corrected chi connectivity index (χ4v) is 2.72. The Bertz CT molecular complexity index is 229. The minimum atomic E-state index is 0.224. The number of likely N-dealkylation sites (N-methyl/N-ethyl adjacent to an activating group) is 1. The van der Waals surface area contributed by atoms with Gasteiger partial charge in [0, 0.05) is 31.2 Å². The van der Waals surface area contributed by atoms with Gasteiger partial charge in [-0.25, -0.2) is 0 Å². The van der Waals surface area contributed by atoms with Crippen LogP contribution in [-0.4, -0.2) is 61.2 Å². The summed E-state index contributed by atoms with van der Waals surface area (Å²) in [6, 6.07) is 0.673. The number of hydrogen-bond donors (Lipinski definition) is 1. The van der Waals surface area contributed by atoms with Gasteiger partial charge in [0.1, 0.15) is 0 Å². The summed E-state index contributed by atoms with van der Waals surface area (Å²) in [7, 11) is 2.29. The van der Waals surface area contributed by atoms with Gasteiger partial charge < -0.3 is 15.1 Å². The van der Waals surface area contributed by atoms with Crippen LogP contribution in [0.25, 0.3) is 0 Å². The highest BCUT2D eigenvalue weighted by Crippen LogP contribution is 2.10. The lowest BCUT2D eigenvalue weighted by molar-refractivity contribution is 0.184. The van der Waals surface area contributed by atoms with E-state index >= 15 is 0 Å². The molecule has 1 aliphatic rings. The second kappa shape index (κ2) is 8.23. The Balaban J connectivity index is 2.31. The monoisotopic (exact) mass is 269 g/mol. The first-order chi connectivity index (χ1) is 8.92. The third-order valence-corrected chi connectivity index (χ3v) is 4.08. The molecule has 114 valence electrons. The van der Waals surface area contributed by atoms with Gasteiger partial charge in [0.25, 0.3) is 0 Å². The highest BCUT2D eigenvalue weighted by molar-refractivity contribution is 4.78. The predicted octanol–water partition coefficient (Wildman–Crippen LogP) is 2.57. The molecule has 0 bridgehead atoms. The van der Waals surface area contributed by atoms with Gasteiger partial charge in [0.2, 0.25) is 0 Å². The van der Waals surface area contributed by atoms with Gasteiger partial charge in [0.15, 0.2) is 0 Å². The SMILES string of the molecule is CCCC(CNC(C)(C)C)N(C)CCN1CCCC1. The van der Waals surface area contributed by atoms with Crippen molar-refractivity contribution in [1.82, 2.24) is 15.1 Å². The molecule has 0 saturated carbocycles. The second-order valence-corrected chi connectivity index (χ2v) is 7.10. The Morgan fingerprint density at radius 2 is 1.84 bits per heavy atom. The number of rotatable bonds is 8. The molecule has 19 heavy (non-hydrogen) atoms. The number of nitrogens with one attached hydrogen (secondary N) is 1. The Morgan fingerprint density at radius 1 is 1.21 bits per heavy atom. The summed E-state index contributed by atoms with van der Waals surface area (Å²) >= 11 is 0. The molecule has 1 heterocycles. The van der Waals surface area contributed by atoms with Gasteiger partial charge in [-0.05, 0) is 60.2 Å². The number of nitrogens with zero attached hydrogens (tertiary/aromatic N) is 2. The zero-order valence-electron chi connectivity index (χ0n) is 13.8. The van der Waals surface area contributed by atoms with Crippen LogP contribution in [0.3, 0.4) is 0 Å². The fourth-order valence-electron chi connectivity index (χ4n) is 2.72. The summed E-state index contributed by atoms with van der Waals surface area (Å²) in [5, 5.41) is 3.66. The minimum Gasteiger partial charge on any atom is -0.311 e. The first-order valence-electron chi connectivity index (χ1n) is 8.10. The molecule has 0 spiro atoms. The molecule has 0 aliphatic carbocycles. The maximum Gasteiger partial charge on any atom is 0.0218 e. The zero-order valence-corrected chi connectivity index (χ0v) is 13.8. The standard InChI is InChI=1S/C16H35N3/c1-6-9-15(14-17-16(2,3)4)18(5)12-13-19-10-7-8-11-19/h15,17H,6-14H2,1-5H3. The van der Waals surface area contributed by atoms with Crippen LogP contribution in [0, 0.1) is 0 Å². The van der Waals surface area contributed by atoms with Crippen LogP contribution in [0.4, 0.5) is 0 Å². The second-order valence-electron chi connectivity index (χ2n) is 7.10. The van der Waals surface area contributed by atoms with Crippen molar-refractivity contribution < 1.29 is 0 Å². The number of hydrogen-bond acceptors (Lipinski definition) is 3. The maximum absolute atomic E-state index is 3.66. The molecule has 1 unspecified atom stereocenters. The third kappa shape index (κ3) is 7.28. The van der Waals surface area contributed by atoms with Gasteiger partial charge in [-0.1, -0.05) is 13.3 Å².